The van der Waals surface area contributed by atoms with E-state index in [4.69, 9.17) is 4.98 Å². The van der Waals surface area contributed by atoms with Crippen LogP contribution >= 0.6 is 0 Å². The predicted molar refractivity (Wildman–Crippen MR) is 162 cm³/mol. The van der Waals surface area contributed by atoms with Crippen molar-refractivity contribution in [3.8, 4) is 33.5 Å². The Morgan fingerprint density at radius 3 is 1.88 bits per heavy atom. The molecule has 198 valence electrons. The second-order valence-electron chi connectivity index (χ2n) is 11.2. The van der Waals surface area contributed by atoms with Crippen LogP contribution < -0.4 is 10.6 Å². The lowest BCUT2D eigenvalue weighted by Crippen LogP contribution is -2.14. The summed E-state index contributed by atoms with van der Waals surface area (Å²) >= 11 is 0. The molecule has 40 heavy (non-hydrogen) atoms. The van der Waals surface area contributed by atoms with E-state index in [1.807, 2.05) is 6.20 Å². The molecule has 4 N–H and O–H groups in total. The molecule has 2 atom stereocenters. The number of fused-ring (bicyclic) bond motifs is 2. The van der Waals surface area contributed by atoms with Crippen LogP contribution in [0.25, 0.3) is 55.3 Å². The summed E-state index contributed by atoms with van der Waals surface area (Å²) in [7, 11) is 0. The molecule has 2 aliphatic heterocycles. The number of imidazole rings is 2. The highest BCUT2D eigenvalue weighted by atomic mass is 15.0. The molecule has 6 aromatic rings. The molecule has 4 heterocycles. The van der Waals surface area contributed by atoms with Gasteiger partial charge >= 0.3 is 0 Å². The van der Waals surface area contributed by atoms with E-state index in [2.05, 4.69) is 104 Å². The molecule has 0 bridgehead atoms. The fraction of sp³-hybridized carbons (Fsp3) is 0.235. The van der Waals surface area contributed by atoms with E-state index in [0.29, 0.717) is 12.1 Å². The van der Waals surface area contributed by atoms with Crippen LogP contribution in [0.15, 0.2) is 85.1 Å². The zero-order valence-electron chi connectivity index (χ0n) is 22.4. The van der Waals surface area contributed by atoms with Gasteiger partial charge < -0.3 is 20.6 Å². The van der Waals surface area contributed by atoms with Crippen molar-refractivity contribution in [1.29, 1.82) is 0 Å². The Balaban J connectivity index is 1.04. The molecular weight excluding hydrogens is 492 g/mol. The third-order valence-corrected chi connectivity index (χ3v) is 8.58. The van der Waals surface area contributed by atoms with Gasteiger partial charge in [0.15, 0.2) is 0 Å². The van der Waals surface area contributed by atoms with E-state index in [9.17, 15) is 0 Å². The first-order valence-corrected chi connectivity index (χ1v) is 14.4. The SMILES string of the molecule is c1cc(-c2cnc([C@@H]3CCCN3)[nH]2)ccc1-c1ccc2cc(-c3ccc4nc([C@@H]5CCCN5)[nH]c4c3)ccc2c1. The maximum atomic E-state index is 4.83. The Kier molecular flexibility index (Phi) is 5.75. The molecule has 0 saturated carbocycles. The molecule has 2 saturated heterocycles. The van der Waals surface area contributed by atoms with Gasteiger partial charge in [0.2, 0.25) is 0 Å². The summed E-state index contributed by atoms with van der Waals surface area (Å²) in [6.45, 7) is 2.14. The quantitative estimate of drug-likeness (QED) is 0.191. The van der Waals surface area contributed by atoms with E-state index in [1.165, 1.54) is 45.9 Å². The van der Waals surface area contributed by atoms with Crippen LogP contribution in [0.4, 0.5) is 0 Å². The van der Waals surface area contributed by atoms with Crippen LogP contribution in [-0.4, -0.2) is 33.0 Å². The van der Waals surface area contributed by atoms with E-state index >= 15 is 0 Å². The van der Waals surface area contributed by atoms with Crippen LogP contribution in [0.3, 0.4) is 0 Å². The Hall–Kier alpha value is -4.26. The van der Waals surface area contributed by atoms with Crippen molar-refractivity contribution in [3.05, 3.63) is 96.7 Å². The molecule has 8 rings (SSSR count). The van der Waals surface area contributed by atoms with Crippen molar-refractivity contribution < 1.29 is 0 Å². The molecular formula is C34H32N6. The summed E-state index contributed by atoms with van der Waals surface area (Å²) in [5.74, 6) is 2.10. The van der Waals surface area contributed by atoms with Crippen LogP contribution in [-0.2, 0) is 0 Å². The molecule has 0 aliphatic carbocycles. The highest BCUT2D eigenvalue weighted by Crippen LogP contribution is 2.32. The van der Waals surface area contributed by atoms with Crippen LogP contribution in [0.2, 0.25) is 0 Å². The number of nitrogens with one attached hydrogen (secondary N) is 4. The lowest BCUT2D eigenvalue weighted by molar-refractivity contribution is 0.613. The molecule has 6 heteroatoms. The number of hydrogen-bond donors (Lipinski definition) is 4. The molecule has 4 aromatic carbocycles. The first-order chi connectivity index (χ1) is 19.8. The normalized spacial score (nSPS) is 19.2. The lowest BCUT2D eigenvalue weighted by Gasteiger charge is -2.08. The standard InChI is InChI=1S/C34H32N6/c1-3-29(35-15-1)33-37-20-32(40-33)22-7-5-21(6-8-22)23-9-10-25-18-26(12-11-24(25)17-23)27-13-14-28-31(19-27)39-34(38-28)30-4-2-16-36-30/h5-14,17-20,29-30,35-36H,1-4,15-16H2,(H,37,40)(H,38,39)/t29-,30-/m0/s1. The Morgan fingerprint density at radius 1 is 0.575 bits per heavy atom. The van der Waals surface area contributed by atoms with Crippen molar-refractivity contribution in [3.63, 3.8) is 0 Å². The first kappa shape index (κ1) is 23.6. The molecule has 2 fully saturated rings. The lowest BCUT2D eigenvalue weighted by atomic mass is 9.97. The minimum absolute atomic E-state index is 0.347. The van der Waals surface area contributed by atoms with Crippen molar-refractivity contribution >= 4 is 21.8 Å². The number of rotatable bonds is 5. The average Bonchev–Trinajstić information content (AvgIpc) is 3.82. The van der Waals surface area contributed by atoms with Crippen LogP contribution in [0.1, 0.15) is 49.4 Å². The maximum absolute atomic E-state index is 4.83. The molecule has 2 aromatic heterocycles. The van der Waals surface area contributed by atoms with Crippen molar-refractivity contribution in [2.24, 2.45) is 0 Å². The topological polar surface area (TPSA) is 81.4 Å². The second-order valence-corrected chi connectivity index (χ2v) is 11.2. The Bertz CT molecular complexity index is 1820. The predicted octanol–water partition coefficient (Wildman–Crippen LogP) is 7.29. The van der Waals surface area contributed by atoms with Gasteiger partial charge in [-0.05, 0) is 102 Å². The molecule has 6 nitrogen and oxygen atoms in total. The number of H-pyrrole nitrogens is 2. The number of nitrogens with zero attached hydrogens (tertiary/aromatic N) is 2. The van der Waals surface area contributed by atoms with Gasteiger partial charge in [-0.15, -0.1) is 0 Å². The fourth-order valence-electron chi connectivity index (χ4n) is 6.32. The fourth-order valence-corrected chi connectivity index (χ4v) is 6.32. The van der Waals surface area contributed by atoms with Gasteiger partial charge in [-0.3, -0.25) is 0 Å². The zero-order valence-corrected chi connectivity index (χ0v) is 22.4. The molecule has 0 amide bonds. The summed E-state index contributed by atoms with van der Waals surface area (Å²) in [5, 5.41) is 9.53. The third-order valence-electron chi connectivity index (χ3n) is 8.58. The van der Waals surface area contributed by atoms with Gasteiger partial charge in [-0.1, -0.05) is 54.6 Å². The summed E-state index contributed by atoms with van der Waals surface area (Å²) in [6.07, 6.45) is 6.67. The van der Waals surface area contributed by atoms with Gasteiger partial charge in [0.05, 0.1) is 35.0 Å². The van der Waals surface area contributed by atoms with E-state index < -0.39 is 0 Å². The van der Waals surface area contributed by atoms with E-state index in [-0.39, 0.29) is 0 Å². The van der Waals surface area contributed by atoms with E-state index in [1.54, 1.807) is 0 Å². The average molecular weight is 525 g/mol. The Morgan fingerprint density at radius 2 is 1.18 bits per heavy atom. The summed E-state index contributed by atoms with van der Waals surface area (Å²) < 4.78 is 0. The molecule has 2 aliphatic rings. The highest BCUT2D eigenvalue weighted by Gasteiger charge is 2.20. The monoisotopic (exact) mass is 524 g/mol. The summed E-state index contributed by atoms with van der Waals surface area (Å²) in [4.78, 5) is 16.5. The first-order valence-electron chi connectivity index (χ1n) is 14.4. The largest absolute Gasteiger partial charge is 0.341 e. The van der Waals surface area contributed by atoms with Crippen molar-refractivity contribution in [2.75, 3.05) is 13.1 Å². The smallest absolute Gasteiger partial charge is 0.124 e. The van der Waals surface area contributed by atoms with Gasteiger partial charge in [-0.2, -0.15) is 0 Å². The maximum Gasteiger partial charge on any atom is 0.124 e. The van der Waals surface area contributed by atoms with Gasteiger partial charge in [0, 0.05) is 0 Å². The number of benzene rings is 4. The highest BCUT2D eigenvalue weighted by molar-refractivity contribution is 5.92. The number of aromatic amines is 2. The second kappa shape index (κ2) is 9.73. The van der Waals surface area contributed by atoms with Gasteiger partial charge in [0.1, 0.15) is 11.6 Å². The minimum atomic E-state index is 0.347. The van der Waals surface area contributed by atoms with Gasteiger partial charge in [0.25, 0.3) is 0 Å². The van der Waals surface area contributed by atoms with Crippen LogP contribution in [0, 0.1) is 0 Å². The summed E-state index contributed by atoms with van der Waals surface area (Å²) in [6, 6.07) is 29.5. The van der Waals surface area contributed by atoms with Crippen LogP contribution in [0.5, 0.6) is 0 Å². The van der Waals surface area contributed by atoms with Crippen molar-refractivity contribution in [2.45, 2.75) is 37.8 Å². The third kappa shape index (κ3) is 4.30. The minimum Gasteiger partial charge on any atom is -0.341 e. The van der Waals surface area contributed by atoms with Gasteiger partial charge in [-0.25, -0.2) is 9.97 Å². The molecule has 0 unspecified atom stereocenters. The molecule has 0 radical (unpaired) electrons. The van der Waals surface area contributed by atoms with E-state index in [0.717, 1.165) is 59.9 Å². The molecule has 0 spiro atoms. The summed E-state index contributed by atoms with van der Waals surface area (Å²) in [5.41, 5.74) is 9.21. The Labute approximate surface area is 233 Å². The zero-order chi connectivity index (χ0) is 26.5. The van der Waals surface area contributed by atoms with Crippen molar-refractivity contribution in [1.82, 2.24) is 30.6 Å². The number of hydrogen-bond acceptors (Lipinski definition) is 4. The number of aromatic nitrogens is 4.